The van der Waals surface area contributed by atoms with Crippen LogP contribution in [-0.4, -0.2) is 24.1 Å². The third kappa shape index (κ3) is 5.47. The lowest BCUT2D eigenvalue weighted by molar-refractivity contribution is -0.120. The van der Waals surface area contributed by atoms with E-state index in [2.05, 4.69) is 10.6 Å². The molecule has 0 radical (unpaired) electrons. The Bertz CT molecular complexity index is 336. The van der Waals surface area contributed by atoms with Gasteiger partial charge in [0, 0.05) is 13.1 Å². The predicted molar refractivity (Wildman–Crippen MR) is 67.4 cm³/mol. The van der Waals surface area contributed by atoms with Gasteiger partial charge in [-0.3, -0.25) is 4.79 Å². The molecule has 1 aromatic carbocycles. The number of rotatable bonds is 7. The average Bonchev–Trinajstić information content (AvgIpc) is 2.37. The maximum absolute atomic E-state index is 11.3. The van der Waals surface area contributed by atoms with Crippen LogP contribution in [0, 0.1) is 0 Å². The Labute approximate surface area is 102 Å². The molecule has 0 atom stereocenters. The van der Waals surface area contributed by atoms with Crippen molar-refractivity contribution in [3.05, 3.63) is 35.4 Å². The van der Waals surface area contributed by atoms with Gasteiger partial charge < -0.3 is 15.7 Å². The number of benzene rings is 1. The van der Waals surface area contributed by atoms with Crippen LogP contribution in [0.4, 0.5) is 0 Å². The van der Waals surface area contributed by atoms with Gasteiger partial charge in [-0.1, -0.05) is 31.2 Å². The Morgan fingerprint density at radius 3 is 2.47 bits per heavy atom. The highest BCUT2D eigenvalue weighted by Crippen LogP contribution is 2.03. The van der Waals surface area contributed by atoms with Gasteiger partial charge in [-0.05, 0) is 17.5 Å². The molecule has 4 heteroatoms. The molecule has 0 spiro atoms. The molecule has 0 saturated carbocycles. The van der Waals surface area contributed by atoms with Crippen LogP contribution in [0.15, 0.2) is 24.3 Å². The van der Waals surface area contributed by atoms with E-state index in [0.29, 0.717) is 13.1 Å². The molecule has 0 saturated heterocycles. The first-order chi connectivity index (χ1) is 8.26. The van der Waals surface area contributed by atoms with Gasteiger partial charge in [-0.15, -0.1) is 0 Å². The van der Waals surface area contributed by atoms with E-state index >= 15 is 0 Å². The Kier molecular flexibility index (Phi) is 6.29. The summed E-state index contributed by atoms with van der Waals surface area (Å²) in [4.78, 5) is 11.3. The van der Waals surface area contributed by atoms with E-state index in [1.54, 1.807) is 0 Å². The minimum atomic E-state index is 0.0267. The molecule has 0 aromatic heterocycles. The SMILES string of the molecule is CCCNC(=O)CNCc1ccc(CO)cc1. The van der Waals surface area contributed by atoms with Gasteiger partial charge in [-0.25, -0.2) is 0 Å². The fourth-order valence-corrected chi connectivity index (χ4v) is 1.41. The molecule has 1 aromatic rings. The van der Waals surface area contributed by atoms with E-state index in [4.69, 9.17) is 5.11 Å². The topological polar surface area (TPSA) is 61.4 Å². The highest BCUT2D eigenvalue weighted by atomic mass is 16.3. The number of hydrogen-bond donors (Lipinski definition) is 3. The second-order valence-electron chi connectivity index (χ2n) is 3.93. The lowest BCUT2D eigenvalue weighted by Gasteiger charge is -2.06. The highest BCUT2D eigenvalue weighted by molar-refractivity contribution is 5.77. The van der Waals surface area contributed by atoms with Crippen molar-refractivity contribution in [1.82, 2.24) is 10.6 Å². The van der Waals surface area contributed by atoms with E-state index in [0.717, 1.165) is 24.1 Å². The molecule has 0 aliphatic carbocycles. The normalized spacial score (nSPS) is 10.2. The Hall–Kier alpha value is -1.39. The third-order valence-corrected chi connectivity index (χ3v) is 2.39. The average molecular weight is 236 g/mol. The van der Waals surface area contributed by atoms with Crippen LogP contribution < -0.4 is 10.6 Å². The first-order valence-corrected chi connectivity index (χ1v) is 5.92. The van der Waals surface area contributed by atoms with Crippen molar-refractivity contribution < 1.29 is 9.90 Å². The standard InChI is InChI=1S/C13H20N2O2/c1-2-7-15-13(17)9-14-8-11-3-5-12(10-16)6-4-11/h3-6,14,16H,2,7-10H2,1H3,(H,15,17). The van der Waals surface area contributed by atoms with Gasteiger partial charge >= 0.3 is 0 Å². The summed E-state index contributed by atoms with van der Waals surface area (Å²) < 4.78 is 0. The van der Waals surface area contributed by atoms with Crippen molar-refractivity contribution in [2.24, 2.45) is 0 Å². The van der Waals surface area contributed by atoms with Crippen molar-refractivity contribution in [2.75, 3.05) is 13.1 Å². The number of hydrogen-bond acceptors (Lipinski definition) is 3. The number of aliphatic hydroxyl groups is 1. The predicted octanol–water partition coefficient (Wildman–Crippen LogP) is 0.795. The van der Waals surface area contributed by atoms with Crippen molar-refractivity contribution in [1.29, 1.82) is 0 Å². The van der Waals surface area contributed by atoms with Gasteiger partial charge in [0.15, 0.2) is 0 Å². The fourth-order valence-electron chi connectivity index (χ4n) is 1.41. The van der Waals surface area contributed by atoms with Gasteiger partial charge in [0.1, 0.15) is 0 Å². The van der Waals surface area contributed by atoms with Crippen molar-refractivity contribution in [3.63, 3.8) is 0 Å². The van der Waals surface area contributed by atoms with Crippen LogP contribution >= 0.6 is 0 Å². The second-order valence-corrected chi connectivity index (χ2v) is 3.93. The van der Waals surface area contributed by atoms with Gasteiger partial charge in [-0.2, -0.15) is 0 Å². The van der Waals surface area contributed by atoms with Crippen molar-refractivity contribution in [3.8, 4) is 0 Å². The van der Waals surface area contributed by atoms with E-state index in [1.807, 2.05) is 31.2 Å². The number of aliphatic hydroxyl groups excluding tert-OH is 1. The molecule has 0 aliphatic heterocycles. The van der Waals surface area contributed by atoms with Gasteiger partial charge in [0.2, 0.25) is 5.91 Å². The molecule has 0 fully saturated rings. The molecule has 1 amide bonds. The summed E-state index contributed by atoms with van der Waals surface area (Å²) in [6.45, 7) is 3.81. The fraction of sp³-hybridized carbons (Fsp3) is 0.462. The maximum atomic E-state index is 11.3. The zero-order valence-corrected chi connectivity index (χ0v) is 10.2. The number of carbonyl (C=O) groups is 1. The number of amides is 1. The quantitative estimate of drug-likeness (QED) is 0.656. The van der Waals surface area contributed by atoms with E-state index in [1.165, 1.54) is 0 Å². The molecular formula is C13H20N2O2. The Balaban J connectivity index is 2.23. The molecule has 3 N–H and O–H groups in total. The van der Waals surface area contributed by atoms with E-state index in [-0.39, 0.29) is 12.5 Å². The first kappa shape index (κ1) is 13.7. The second kappa shape index (κ2) is 7.81. The van der Waals surface area contributed by atoms with Crippen LogP contribution in [0.2, 0.25) is 0 Å². The molecule has 4 nitrogen and oxygen atoms in total. The van der Waals surface area contributed by atoms with Crippen molar-refractivity contribution in [2.45, 2.75) is 26.5 Å². The largest absolute Gasteiger partial charge is 0.392 e. The molecule has 0 bridgehead atoms. The summed E-state index contributed by atoms with van der Waals surface area (Å²) >= 11 is 0. The van der Waals surface area contributed by atoms with E-state index < -0.39 is 0 Å². The van der Waals surface area contributed by atoms with E-state index in [9.17, 15) is 4.79 Å². The molecule has 17 heavy (non-hydrogen) atoms. The van der Waals surface area contributed by atoms with Crippen LogP contribution in [0.5, 0.6) is 0 Å². The summed E-state index contributed by atoms with van der Waals surface area (Å²) in [5, 5.41) is 14.8. The monoisotopic (exact) mass is 236 g/mol. The Morgan fingerprint density at radius 2 is 1.88 bits per heavy atom. The number of nitrogens with one attached hydrogen (secondary N) is 2. The summed E-state index contributed by atoms with van der Waals surface area (Å²) in [5.74, 6) is 0.0267. The molecule has 0 heterocycles. The lowest BCUT2D eigenvalue weighted by Crippen LogP contribution is -2.33. The number of carbonyl (C=O) groups excluding carboxylic acids is 1. The minimum Gasteiger partial charge on any atom is -0.392 e. The smallest absolute Gasteiger partial charge is 0.233 e. The van der Waals surface area contributed by atoms with Crippen LogP contribution in [0.3, 0.4) is 0 Å². The highest BCUT2D eigenvalue weighted by Gasteiger charge is 1.99. The van der Waals surface area contributed by atoms with Crippen molar-refractivity contribution >= 4 is 5.91 Å². The minimum absolute atomic E-state index is 0.0267. The molecule has 0 unspecified atom stereocenters. The van der Waals surface area contributed by atoms with Crippen LogP contribution in [0.1, 0.15) is 24.5 Å². The summed E-state index contributed by atoms with van der Waals surface area (Å²) in [5.41, 5.74) is 2.00. The van der Waals surface area contributed by atoms with Crippen LogP contribution in [0.25, 0.3) is 0 Å². The van der Waals surface area contributed by atoms with Crippen LogP contribution in [-0.2, 0) is 17.9 Å². The summed E-state index contributed by atoms with van der Waals surface area (Å²) in [7, 11) is 0. The maximum Gasteiger partial charge on any atom is 0.233 e. The zero-order valence-electron chi connectivity index (χ0n) is 10.2. The van der Waals surface area contributed by atoms with Gasteiger partial charge in [0.25, 0.3) is 0 Å². The molecule has 94 valence electrons. The Morgan fingerprint density at radius 1 is 1.24 bits per heavy atom. The third-order valence-electron chi connectivity index (χ3n) is 2.39. The molecular weight excluding hydrogens is 216 g/mol. The summed E-state index contributed by atoms with van der Waals surface area (Å²) in [6.07, 6.45) is 0.953. The lowest BCUT2D eigenvalue weighted by atomic mass is 10.1. The molecule has 0 aliphatic rings. The van der Waals surface area contributed by atoms with Gasteiger partial charge in [0.05, 0.1) is 13.2 Å². The zero-order chi connectivity index (χ0) is 12.5. The molecule has 1 rings (SSSR count). The first-order valence-electron chi connectivity index (χ1n) is 5.92. The summed E-state index contributed by atoms with van der Waals surface area (Å²) in [6, 6.07) is 7.66.